The van der Waals surface area contributed by atoms with E-state index in [1.165, 1.54) is 30.5 Å². The number of ether oxygens (including phenoxy) is 1. The average molecular weight is 303 g/mol. The van der Waals surface area contributed by atoms with Gasteiger partial charge in [-0.05, 0) is 24.3 Å². The van der Waals surface area contributed by atoms with Gasteiger partial charge in [-0.2, -0.15) is 19.1 Å². The molecule has 0 bridgehead atoms. The SMILES string of the molecule is N#Cc1cc2[nH]ncc2cc1-c1c(F)cccc1OC(F)F. The number of fused-ring (bicyclic) bond motifs is 1. The molecule has 22 heavy (non-hydrogen) atoms. The number of H-pyrrole nitrogens is 1. The number of alkyl halides is 2. The summed E-state index contributed by atoms with van der Waals surface area (Å²) >= 11 is 0. The Morgan fingerprint density at radius 1 is 1.27 bits per heavy atom. The summed E-state index contributed by atoms with van der Waals surface area (Å²) in [7, 11) is 0. The smallest absolute Gasteiger partial charge is 0.387 e. The van der Waals surface area contributed by atoms with Gasteiger partial charge in [-0.1, -0.05) is 6.07 Å². The second-order valence-electron chi connectivity index (χ2n) is 4.46. The lowest BCUT2D eigenvalue weighted by Gasteiger charge is -2.13. The molecule has 0 radical (unpaired) electrons. The van der Waals surface area contributed by atoms with Crippen molar-refractivity contribution in [2.75, 3.05) is 0 Å². The quantitative estimate of drug-likeness (QED) is 0.799. The maximum atomic E-state index is 14.2. The lowest BCUT2D eigenvalue weighted by atomic mass is 9.97. The van der Waals surface area contributed by atoms with Crippen molar-refractivity contribution in [1.29, 1.82) is 5.26 Å². The third kappa shape index (κ3) is 2.35. The van der Waals surface area contributed by atoms with Crippen LogP contribution in [0.4, 0.5) is 13.2 Å². The van der Waals surface area contributed by atoms with Gasteiger partial charge in [0.15, 0.2) is 0 Å². The van der Waals surface area contributed by atoms with Crippen LogP contribution in [-0.4, -0.2) is 16.8 Å². The van der Waals surface area contributed by atoms with Gasteiger partial charge >= 0.3 is 6.61 Å². The third-order valence-electron chi connectivity index (χ3n) is 3.16. The zero-order chi connectivity index (χ0) is 15.7. The average Bonchev–Trinajstić information content (AvgIpc) is 2.92. The fraction of sp³-hybridized carbons (Fsp3) is 0.0667. The molecule has 0 aliphatic carbocycles. The molecule has 7 heteroatoms. The molecule has 4 nitrogen and oxygen atoms in total. The van der Waals surface area contributed by atoms with Gasteiger partial charge in [0.25, 0.3) is 0 Å². The maximum absolute atomic E-state index is 14.2. The number of aromatic nitrogens is 2. The minimum absolute atomic E-state index is 0.126. The van der Waals surface area contributed by atoms with Gasteiger partial charge in [-0.15, -0.1) is 0 Å². The molecule has 0 atom stereocenters. The Hall–Kier alpha value is -3.01. The molecule has 0 unspecified atom stereocenters. The van der Waals surface area contributed by atoms with Gasteiger partial charge in [0.05, 0.1) is 28.9 Å². The highest BCUT2D eigenvalue weighted by Gasteiger charge is 2.19. The summed E-state index contributed by atoms with van der Waals surface area (Å²) in [5, 5.41) is 16.4. The molecule has 2 aromatic carbocycles. The minimum atomic E-state index is -3.09. The predicted molar refractivity (Wildman–Crippen MR) is 72.8 cm³/mol. The normalized spacial score (nSPS) is 10.9. The number of nitriles is 1. The number of halogens is 3. The van der Waals surface area contributed by atoms with E-state index in [-0.39, 0.29) is 22.4 Å². The third-order valence-corrected chi connectivity index (χ3v) is 3.16. The van der Waals surface area contributed by atoms with Crippen LogP contribution < -0.4 is 4.74 Å². The summed E-state index contributed by atoms with van der Waals surface area (Å²) in [5.41, 5.74) is 0.710. The van der Waals surface area contributed by atoms with Crippen LogP contribution in [0.5, 0.6) is 5.75 Å². The van der Waals surface area contributed by atoms with Crippen molar-refractivity contribution in [3.05, 3.63) is 47.9 Å². The van der Waals surface area contributed by atoms with Crippen LogP contribution in [0, 0.1) is 17.1 Å². The maximum Gasteiger partial charge on any atom is 0.387 e. The van der Waals surface area contributed by atoms with E-state index in [0.29, 0.717) is 10.9 Å². The van der Waals surface area contributed by atoms with Crippen molar-refractivity contribution in [2.45, 2.75) is 6.61 Å². The number of hydrogen-bond acceptors (Lipinski definition) is 3. The summed E-state index contributed by atoms with van der Waals surface area (Å²) in [6, 6.07) is 8.53. The van der Waals surface area contributed by atoms with Crippen LogP contribution in [0.1, 0.15) is 5.56 Å². The highest BCUT2D eigenvalue weighted by Crippen LogP contribution is 2.37. The lowest BCUT2D eigenvalue weighted by Crippen LogP contribution is -2.04. The van der Waals surface area contributed by atoms with E-state index < -0.39 is 12.4 Å². The standard InChI is InChI=1S/C15H8F3N3O/c16-11-2-1-3-13(22-15(17)18)14(11)10-4-9-7-20-21-12(9)5-8(10)6-19/h1-5,7,15H,(H,20,21). The Morgan fingerprint density at radius 2 is 2.09 bits per heavy atom. The number of rotatable bonds is 3. The number of benzene rings is 2. The lowest BCUT2D eigenvalue weighted by molar-refractivity contribution is -0.0495. The van der Waals surface area contributed by atoms with E-state index in [1.807, 2.05) is 6.07 Å². The van der Waals surface area contributed by atoms with E-state index in [9.17, 15) is 18.4 Å². The number of nitrogens with one attached hydrogen (secondary N) is 1. The summed E-state index contributed by atoms with van der Waals surface area (Å²) in [6.07, 6.45) is 1.49. The van der Waals surface area contributed by atoms with Gasteiger partial charge in [-0.25, -0.2) is 4.39 Å². The van der Waals surface area contributed by atoms with Crippen LogP contribution >= 0.6 is 0 Å². The van der Waals surface area contributed by atoms with Crippen molar-refractivity contribution in [3.8, 4) is 22.9 Å². The summed E-state index contributed by atoms with van der Waals surface area (Å²) in [6.45, 7) is -3.09. The molecular weight excluding hydrogens is 295 g/mol. The van der Waals surface area contributed by atoms with Crippen molar-refractivity contribution in [3.63, 3.8) is 0 Å². The molecule has 0 saturated heterocycles. The minimum Gasteiger partial charge on any atom is -0.434 e. The first-order valence-electron chi connectivity index (χ1n) is 6.21. The monoisotopic (exact) mass is 303 g/mol. The van der Waals surface area contributed by atoms with E-state index in [0.717, 1.165) is 6.07 Å². The molecule has 0 spiro atoms. The summed E-state index contributed by atoms with van der Waals surface area (Å²) in [4.78, 5) is 0. The first kappa shape index (κ1) is 13.9. The Kier molecular flexibility index (Phi) is 3.43. The second kappa shape index (κ2) is 5.41. The van der Waals surface area contributed by atoms with Crippen LogP contribution in [0.2, 0.25) is 0 Å². The van der Waals surface area contributed by atoms with Gasteiger partial charge in [-0.3, -0.25) is 5.10 Å². The van der Waals surface area contributed by atoms with Crippen molar-refractivity contribution < 1.29 is 17.9 Å². The molecule has 0 amide bonds. The largest absolute Gasteiger partial charge is 0.434 e. The molecular formula is C15H8F3N3O. The molecule has 1 heterocycles. The van der Waals surface area contributed by atoms with Gasteiger partial charge in [0, 0.05) is 10.9 Å². The van der Waals surface area contributed by atoms with Gasteiger partial charge in [0.2, 0.25) is 0 Å². The fourth-order valence-electron chi connectivity index (χ4n) is 2.25. The van der Waals surface area contributed by atoms with E-state index in [1.54, 1.807) is 0 Å². The molecule has 3 rings (SSSR count). The highest BCUT2D eigenvalue weighted by atomic mass is 19.3. The second-order valence-corrected chi connectivity index (χ2v) is 4.46. The van der Waals surface area contributed by atoms with Crippen molar-refractivity contribution in [2.24, 2.45) is 0 Å². The molecule has 3 aromatic rings. The van der Waals surface area contributed by atoms with E-state index in [2.05, 4.69) is 14.9 Å². The first-order chi connectivity index (χ1) is 10.6. The zero-order valence-corrected chi connectivity index (χ0v) is 11.0. The van der Waals surface area contributed by atoms with Crippen LogP contribution in [-0.2, 0) is 0 Å². The van der Waals surface area contributed by atoms with Crippen molar-refractivity contribution in [1.82, 2.24) is 10.2 Å². The van der Waals surface area contributed by atoms with Crippen LogP contribution in [0.15, 0.2) is 36.5 Å². The Labute approximate surface area is 122 Å². The van der Waals surface area contributed by atoms with Crippen LogP contribution in [0.25, 0.3) is 22.0 Å². The first-order valence-corrected chi connectivity index (χ1v) is 6.21. The number of aromatic amines is 1. The highest BCUT2D eigenvalue weighted by molar-refractivity contribution is 5.89. The Morgan fingerprint density at radius 3 is 2.82 bits per heavy atom. The van der Waals surface area contributed by atoms with E-state index >= 15 is 0 Å². The Balaban J connectivity index is 2.29. The molecule has 1 N–H and O–H groups in total. The molecule has 0 saturated carbocycles. The molecule has 1 aromatic heterocycles. The summed E-state index contributed by atoms with van der Waals surface area (Å²) in [5.74, 6) is -1.08. The van der Waals surface area contributed by atoms with Gasteiger partial charge in [0.1, 0.15) is 11.6 Å². The predicted octanol–water partition coefficient (Wildman–Crippen LogP) is 3.84. The van der Waals surface area contributed by atoms with Crippen molar-refractivity contribution >= 4 is 10.9 Å². The summed E-state index contributed by atoms with van der Waals surface area (Å²) < 4.78 is 43.6. The molecule has 0 fully saturated rings. The molecule has 0 aliphatic heterocycles. The number of hydrogen-bond donors (Lipinski definition) is 1. The molecule has 110 valence electrons. The zero-order valence-electron chi connectivity index (χ0n) is 11.0. The topological polar surface area (TPSA) is 61.7 Å². The van der Waals surface area contributed by atoms with Crippen LogP contribution in [0.3, 0.4) is 0 Å². The number of nitrogens with zero attached hydrogens (tertiary/aromatic N) is 2. The fourth-order valence-corrected chi connectivity index (χ4v) is 2.25. The molecule has 0 aliphatic rings. The van der Waals surface area contributed by atoms with Gasteiger partial charge < -0.3 is 4.74 Å². The van der Waals surface area contributed by atoms with E-state index in [4.69, 9.17) is 0 Å². The Bertz CT molecular complexity index is 883.